The molecule has 68 valence electrons. The first-order chi connectivity index (χ1) is 6.40. The van der Waals surface area contributed by atoms with Crippen LogP contribution in [-0.2, 0) is 6.42 Å². The lowest BCUT2D eigenvalue weighted by Crippen LogP contribution is -1.90. The minimum absolute atomic E-state index is 0.919. The molecule has 0 atom stereocenters. The average molecular weight is 238 g/mol. The van der Waals surface area contributed by atoms with Crippen molar-refractivity contribution in [2.24, 2.45) is 0 Å². The second kappa shape index (κ2) is 3.97. The minimum Gasteiger partial charge on any atom is -0.384 e. The Kier molecular flexibility index (Phi) is 2.69. The summed E-state index contributed by atoms with van der Waals surface area (Å²) >= 11 is 3.37. The van der Waals surface area contributed by atoms with Crippen molar-refractivity contribution in [1.29, 1.82) is 0 Å². The zero-order valence-corrected chi connectivity index (χ0v) is 8.97. The van der Waals surface area contributed by atoms with Gasteiger partial charge in [0.05, 0.1) is 0 Å². The Morgan fingerprint density at radius 2 is 2.38 bits per heavy atom. The average Bonchev–Trinajstić information content (AvgIpc) is 2.61. The van der Waals surface area contributed by atoms with Crippen LogP contribution >= 0.6 is 15.9 Å². The Hall–Kier alpha value is -0.760. The third-order valence-corrected chi connectivity index (χ3v) is 2.61. The van der Waals surface area contributed by atoms with Crippen LogP contribution < -0.4 is 5.32 Å². The van der Waals surface area contributed by atoms with Gasteiger partial charge >= 0.3 is 0 Å². The molecule has 1 aliphatic rings. The van der Waals surface area contributed by atoms with Gasteiger partial charge in [-0.3, -0.25) is 0 Å². The first-order valence-corrected chi connectivity index (χ1v) is 5.61. The van der Waals surface area contributed by atoms with Gasteiger partial charge in [0, 0.05) is 17.6 Å². The van der Waals surface area contributed by atoms with Gasteiger partial charge in [-0.1, -0.05) is 34.1 Å². The molecule has 0 amide bonds. The van der Waals surface area contributed by atoms with Gasteiger partial charge < -0.3 is 5.32 Å². The molecule has 0 unspecified atom stereocenters. The monoisotopic (exact) mass is 237 g/mol. The number of nitrogens with one attached hydrogen (secondary N) is 1. The lowest BCUT2D eigenvalue weighted by Gasteiger charge is -1.99. The lowest BCUT2D eigenvalue weighted by molar-refractivity contribution is 1.11. The maximum Gasteiger partial charge on any atom is 0.0373 e. The molecule has 1 nitrogen and oxygen atoms in total. The van der Waals surface area contributed by atoms with Gasteiger partial charge in [-0.15, -0.1) is 0 Å². The molecule has 0 bridgehead atoms. The summed E-state index contributed by atoms with van der Waals surface area (Å²) in [6.45, 7) is 1.08. The summed E-state index contributed by atoms with van der Waals surface area (Å²) in [5.74, 6) is 0. The van der Waals surface area contributed by atoms with Crippen molar-refractivity contribution in [2.75, 3.05) is 17.2 Å². The Morgan fingerprint density at radius 1 is 1.46 bits per heavy atom. The molecule has 0 aliphatic carbocycles. The summed E-state index contributed by atoms with van der Waals surface area (Å²) in [5.41, 5.74) is 4.04. The molecule has 1 aromatic carbocycles. The van der Waals surface area contributed by atoms with Crippen LogP contribution in [0.2, 0.25) is 0 Å². The molecule has 0 fully saturated rings. The van der Waals surface area contributed by atoms with Crippen LogP contribution in [0.15, 0.2) is 24.3 Å². The van der Waals surface area contributed by atoms with Crippen LogP contribution in [0, 0.1) is 0 Å². The largest absolute Gasteiger partial charge is 0.384 e. The molecule has 1 N–H and O–H groups in total. The van der Waals surface area contributed by atoms with E-state index in [-0.39, 0.29) is 0 Å². The van der Waals surface area contributed by atoms with Crippen LogP contribution in [0.4, 0.5) is 5.69 Å². The van der Waals surface area contributed by atoms with Gasteiger partial charge in [0.1, 0.15) is 0 Å². The van der Waals surface area contributed by atoms with Crippen LogP contribution in [0.5, 0.6) is 0 Å². The zero-order chi connectivity index (χ0) is 9.10. The van der Waals surface area contributed by atoms with E-state index in [0.717, 1.165) is 18.3 Å². The summed E-state index contributed by atoms with van der Waals surface area (Å²) in [4.78, 5) is 0. The maximum atomic E-state index is 3.37. The molecular weight excluding hydrogens is 226 g/mol. The summed E-state index contributed by atoms with van der Waals surface area (Å²) in [6, 6.07) is 6.57. The van der Waals surface area contributed by atoms with Gasteiger partial charge in [-0.25, -0.2) is 0 Å². The second-order valence-corrected chi connectivity index (χ2v) is 3.80. The van der Waals surface area contributed by atoms with E-state index in [1.165, 1.54) is 16.8 Å². The summed E-state index contributed by atoms with van der Waals surface area (Å²) < 4.78 is 0. The first kappa shape index (κ1) is 8.82. The van der Waals surface area contributed by atoms with E-state index < -0.39 is 0 Å². The summed E-state index contributed by atoms with van der Waals surface area (Å²) in [7, 11) is 0. The highest BCUT2D eigenvalue weighted by Gasteiger charge is 2.08. The van der Waals surface area contributed by atoms with Crippen molar-refractivity contribution >= 4 is 27.7 Å². The van der Waals surface area contributed by atoms with Crippen LogP contribution in [0.3, 0.4) is 0 Å². The number of fused-ring (bicyclic) bond motifs is 1. The van der Waals surface area contributed by atoms with Crippen molar-refractivity contribution in [3.05, 3.63) is 35.4 Å². The van der Waals surface area contributed by atoms with E-state index in [9.17, 15) is 0 Å². The molecule has 0 aromatic heterocycles. The molecule has 1 heterocycles. The molecule has 0 saturated carbocycles. The highest BCUT2D eigenvalue weighted by Crippen LogP contribution is 2.23. The van der Waals surface area contributed by atoms with E-state index in [1.54, 1.807) is 0 Å². The number of hydrogen-bond acceptors (Lipinski definition) is 1. The Labute approximate surface area is 87.0 Å². The summed E-state index contributed by atoms with van der Waals surface area (Å²) in [6.07, 6.45) is 5.42. The smallest absolute Gasteiger partial charge is 0.0373 e. The number of halogens is 1. The fourth-order valence-corrected chi connectivity index (χ4v) is 1.80. The molecule has 1 aliphatic heterocycles. The van der Waals surface area contributed by atoms with Crippen molar-refractivity contribution in [3.8, 4) is 0 Å². The van der Waals surface area contributed by atoms with Crippen LogP contribution in [0.1, 0.15) is 11.1 Å². The van der Waals surface area contributed by atoms with Crippen molar-refractivity contribution < 1.29 is 0 Å². The van der Waals surface area contributed by atoms with E-state index >= 15 is 0 Å². The minimum atomic E-state index is 0.919. The van der Waals surface area contributed by atoms with Crippen LogP contribution in [-0.4, -0.2) is 11.9 Å². The predicted octanol–water partition coefficient (Wildman–Crippen LogP) is 3.06. The molecule has 0 saturated heterocycles. The topological polar surface area (TPSA) is 12.0 Å². The number of alkyl halides is 1. The van der Waals surface area contributed by atoms with Gasteiger partial charge in [0.15, 0.2) is 0 Å². The van der Waals surface area contributed by atoms with E-state index in [4.69, 9.17) is 0 Å². The predicted molar refractivity (Wildman–Crippen MR) is 61.5 cm³/mol. The fraction of sp³-hybridized carbons (Fsp3) is 0.273. The second-order valence-electron chi connectivity index (χ2n) is 3.15. The van der Waals surface area contributed by atoms with Gasteiger partial charge in [0.25, 0.3) is 0 Å². The number of hydrogen-bond donors (Lipinski definition) is 1. The summed E-state index contributed by atoms with van der Waals surface area (Å²) in [5, 5.41) is 4.27. The quantitative estimate of drug-likeness (QED) is 0.781. The fourth-order valence-electron chi connectivity index (χ4n) is 1.61. The lowest BCUT2D eigenvalue weighted by atomic mass is 10.1. The van der Waals surface area contributed by atoms with E-state index in [1.807, 2.05) is 0 Å². The van der Waals surface area contributed by atoms with E-state index in [0.29, 0.717) is 0 Å². The standard InChI is InChI=1S/C11H12BrN/c12-6-1-2-9-3-4-11-10(8-9)5-7-13-11/h1-4,8,13H,5-7H2. The highest BCUT2D eigenvalue weighted by molar-refractivity contribution is 9.09. The van der Waals surface area contributed by atoms with Crippen molar-refractivity contribution in [1.82, 2.24) is 0 Å². The molecule has 0 spiro atoms. The van der Waals surface area contributed by atoms with Crippen LogP contribution in [0.25, 0.3) is 6.08 Å². The van der Waals surface area contributed by atoms with Gasteiger partial charge in [-0.2, -0.15) is 0 Å². The van der Waals surface area contributed by atoms with E-state index in [2.05, 4.69) is 51.6 Å². The van der Waals surface area contributed by atoms with Gasteiger partial charge in [0.2, 0.25) is 0 Å². The molecule has 13 heavy (non-hydrogen) atoms. The molecular formula is C11H12BrN. The molecule has 2 heteroatoms. The molecule has 0 radical (unpaired) electrons. The molecule has 2 rings (SSSR count). The highest BCUT2D eigenvalue weighted by atomic mass is 79.9. The number of anilines is 1. The Bertz CT molecular complexity index is 331. The van der Waals surface area contributed by atoms with Gasteiger partial charge in [-0.05, 0) is 29.7 Å². The first-order valence-electron chi connectivity index (χ1n) is 4.49. The zero-order valence-electron chi connectivity index (χ0n) is 7.39. The van der Waals surface area contributed by atoms with Crippen molar-refractivity contribution in [3.63, 3.8) is 0 Å². The Balaban J connectivity index is 2.25. The normalized spacial score (nSPS) is 14.5. The third kappa shape index (κ3) is 1.94. The number of benzene rings is 1. The SMILES string of the molecule is BrCC=Cc1ccc2c(c1)CCN2. The maximum absolute atomic E-state index is 3.37. The Morgan fingerprint density at radius 3 is 3.23 bits per heavy atom. The number of allylic oxidation sites excluding steroid dienone is 1. The van der Waals surface area contributed by atoms with Crippen molar-refractivity contribution in [2.45, 2.75) is 6.42 Å². The third-order valence-electron chi connectivity index (χ3n) is 2.24. The number of rotatable bonds is 2. The molecule has 1 aromatic rings.